The highest BCUT2D eigenvalue weighted by atomic mass is 31.2. The van der Waals surface area contributed by atoms with E-state index in [1.165, 1.54) is 7.05 Å². The van der Waals surface area contributed by atoms with Crippen molar-refractivity contribution in [2.24, 2.45) is 17.2 Å². The number of rotatable bonds is 7. The molecule has 1 unspecified atom stereocenters. The topological polar surface area (TPSA) is 287 Å². The zero-order valence-corrected chi connectivity index (χ0v) is 14.8. The van der Waals surface area contributed by atoms with Crippen LogP contribution >= 0.6 is 7.82 Å². The van der Waals surface area contributed by atoms with Gasteiger partial charge in [-0.3, -0.25) is 15.0 Å². The largest absolute Gasteiger partial charge is 0.480 e. The fourth-order valence-corrected chi connectivity index (χ4v) is 0.945. The van der Waals surface area contributed by atoms with Gasteiger partial charge >= 0.3 is 25.8 Å². The van der Waals surface area contributed by atoms with Crippen LogP contribution in [0, 0.1) is 5.41 Å². The Kier molecular flexibility index (Phi) is 16.2. The van der Waals surface area contributed by atoms with Crippen LogP contribution in [0.15, 0.2) is 0 Å². The molecule has 13 N–H and O–H groups in total. The molecule has 0 aliphatic carbocycles. The van der Waals surface area contributed by atoms with Crippen molar-refractivity contribution in [1.82, 2.24) is 10.2 Å². The van der Waals surface area contributed by atoms with E-state index in [2.05, 4.69) is 5.32 Å². The van der Waals surface area contributed by atoms with E-state index in [1.54, 1.807) is 0 Å². The number of amides is 2. The highest BCUT2D eigenvalue weighted by Gasteiger charge is 2.09. The van der Waals surface area contributed by atoms with Crippen molar-refractivity contribution >= 4 is 31.8 Å². The van der Waals surface area contributed by atoms with Crippen molar-refractivity contribution in [3.05, 3.63) is 0 Å². The van der Waals surface area contributed by atoms with Gasteiger partial charge in [0.2, 0.25) is 0 Å². The molecule has 0 saturated carbocycles. The smallest absolute Gasteiger partial charge is 0.466 e. The van der Waals surface area contributed by atoms with Crippen LogP contribution in [0.3, 0.4) is 0 Å². The summed E-state index contributed by atoms with van der Waals surface area (Å²) < 4.78 is 8.88. The molecule has 0 fully saturated rings. The van der Waals surface area contributed by atoms with Gasteiger partial charge in [0.1, 0.15) is 12.6 Å². The molecule has 0 rings (SSSR count). The zero-order valence-electron chi connectivity index (χ0n) is 13.9. The predicted molar refractivity (Wildman–Crippen MR) is 88.9 cm³/mol. The maximum Gasteiger partial charge on any atom is 0.466 e. The zero-order chi connectivity index (χ0) is 21.5. The molecule has 1 atom stereocenters. The molecule has 0 spiro atoms. The van der Waals surface area contributed by atoms with Gasteiger partial charge in [0.25, 0.3) is 0 Å². The molecule has 0 aliphatic rings. The molecule has 0 aromatic heterocycles. The van der Waals surface area contributed by atoms with E-state index in [0.717, 1.165) is 4.90 Å². The van der Waals surface area contributed by atoms with Gasteiger partial charge in [-0.1, -0.05) is 0 Å². The van der Waals surface area contributed by atoms with Crippen LogP contribution in [-0.2, 0) is 14.2 Å². The summed E-state index contributed by atoms with van der Waals surface area (Å²) >= 11 is 0. The van der Waals surface area contributed by atoms with Crippen LogP contribution in [0.4, 0.5) is 4.79 Å². The molecule has 0 saturated heterocycles. The number of guanidine groups is 1. The number of urea groups is 1. The van der Waals surface area contributed by atoms with Gasteiger partial charge in [0.15, 0.2) is 5.96 Å². The first-order valence-corrected chi connectivity index (χ1v) is 8.21. The van der Waals surface area contributed by atoms with E-state index >= 15 is 0 Å². The molecule has 0 aliphatic heterocycles. The maximum atomic E-state index is 10.2. The monoisotopic (exact) mass is 404 g/mol. The first-order valence-electron chi connectivity index (χ1n) is 6.64. The summed E-state index contributed by atoms with van der Waals surface area (Å²) in [5.74, 6) is -2.26. The third-order valence-corrected chi connectivity index (χ3v) is 2.09. The minimum absolute atomic E-state index is 0.227. The van der Waals surface area contributed by atoms with Gasteiger partial charge in [-0.2, -0.15) is 0 Å². The number of aliphatic carboxylic acids is 2. The second kappa shape index (κ2) is 14.9. The Morgan fingerprint density at radius 2 is 1.62 bits per heavy atom. The number of nitrogens with two attached hydrogens (primary N) is 3. The van der Waals surface area contributed by atoms with Gasteiger partial charge in [0.05, 0.1) is 0 Å². The molecule has 26 heavy (non-hydrogen) atoms. The van der Waals surface area contributed by atoms with E-state index in [1.807, 2.05) is 0 Å². The Hall–Kier alpha value is -2.45. The van der Waals surface area contributed by atoms with Gasteiger partial charge in [-0.05, 0) is 12.8 Å². The van der Waals surface area contributed by atoms with Gasteiger partial charge in [-0.15, -0.1) is 0 Å². The lowest BCUT2D eigenvalue weighted by atomic mass is 10.2. The summed E-state index contributed by atoms with van der Waals surface area (Å²) in [4.78, 5) is 52.9. The minimum atomic E-state index is -4.64. The van der Waals surface area contributed by atoms with Crippen molar-refractivity contribution in [1.29, 1.82) is 5.41 Å². The Bertz CT molecular complexity index is 503. The summed E-state index contributed by atoms with van der Waals surface area (Å²) in [6, 6.07) is -1.47. The van der Waals surface area contributed by atoms with Crippen molar-refractivity contribution in [3.8, 4) is 0 Å². The summed E-state index contributed by atoms with van der Waals surface area (Å²) in [6.45, 7) is 0.131. The number of nitrogens with zero attached hydrogens (tertiary/aromatic N) is 1. The molecule has 15 nitrogen and oxygen atoms in total. The number of hydrogen-bond donors (Lipinski definition) is 10. The van der Waals surface area contributed by atoms with Crippen molar-refractivity contribution < 1.29 is 43.8 Å². The Labute approximate surface area is 148 Å². The molecule has 0 heterocycles. The molecular formula is C10H25N6O9P. The fourth-order valence-electron chi connectivity index (χ4n) is 0.945. The molecular weight excluding hydrogens is 379 g/mol. The number of carboxylic acids is 2. The molecule has 0 aromatic rings. The lowest BCUT2D eigenvalue weighted by Crippen LogP contribution is -2.36. The average molecular weight is 404 g/mol. The number of primary amides is 1. The van der Waals surface area contributed by atoms with E-state index in [0.29, 0.717) is 19.4 Å². The standard InChI is InChI=1S/C6H13N3O3.C4H9N3O2.H3O4P/c7-4(5(10)11)2-1-3-9-6(8)12;1-7(4(5)6)2-3(8)9;1-5(2,3)4/h4H,1-3,7H2,(H,10,11)(H3,8,9,12);2H2,1H3,(H3,5,6)(H,8,9);(H3,1,2,3,4). The maximum absolute atomic E-state index is 10.2. The third kappa shape index (κ3) is 33.2. The molecule has 154 valence electrons. The van der Waals surface area contributed by atoms with E-state index in [4.69, 9.17) is 52.1 Å². The summed E-state index contributed by atoms with van der Waals surface area (Å²) in [7, 11) is -3.20. The molecule has 0 radical (unpaired) electrons. The van der Waals surface area contributed by atoms with Gasteiger partial charge < -0.3 is 52.3 Å². The highest BCUT2D eigenvalue weighted by molar-refractivity contribution is 7.45. The lowest BCUT2D eigenvalue weighted by Gasteiger charge is -2.12. The number of carbonyl (C=O) groups is 3. The van der Waals surface area contributed by atoms with Crippen LogP contribution in [-0.4, -0.2) is 79.9 Å². The van der Waals surface area contributed by atoms with Crippen LogP contribution in [0.2, 0.25) is 0 Å². The van der Waals surface area contributed by atoms with Gasteiger partial charge in [0, 0.05) is 13.6 Å². The first-order chi connectivity index (χ1) is 11.6. The summed E-state index contributed by atoms with van der Waals surface area (Å²) in [5, 5.41) is 25.6. The average Bonchev–Trinajstić information content (AvgIpc) is 2.41. The molecule has 0 bridgehead atoms. The Morgan fingerprint density at radius 3 is 1.85 bits per heavy atom. The predicted octanol–water partition coefficient (Wildman–Crippen LogP) is -3.19. The number of carbonyl (C=O) groups excluding carboxylic acids is 1. The SMILES string of the molecule is CN(CC(=O)O)C(=N)N.NC(=O)NCCCC(N)C(=O)O.O=P(O)(O)O. The second-order valence-electron chi connectivity index (χ2n) is 4.53. The number of nitrogens with one attached hydrogen (secondary N) is 2. The number of carboxylic acid groups (broad SMARTS) is 2. The summed E-state index contributed by atoms with van der Waals surface area (Å²) in [5.41, 5.74) is 14.9. The summed E-state index contributed by atoms with van der Waals surface area (Å²) in [6.07, 6.45) is 0.839. The van der Waals surface area contributed by atoms with E-state index in [-0.39, 0.29) is 12.5 Å². The Balaban J connectivity index is -0.000000333. The normalized spacial score (nSPS) is 10.8. The fraction of sp³-hybridized carbons (Fsp3) is 0.600. The lowest BCUT2D eigenvalue weighted by molar-refractivity contribution is -0.139. The van der Waals surface area contributed by atoms with E-state index in [9.17, 15) is 14.4 Å². The highest BCUT2D eigenvalue weighted by Crippen LogP contribution is 2.25. The van der Waals surface area contributed by atoms with Crippen molar-refractivity contribution in [2.75, 3.05) is 20.1 Å². The van der Waals surface area contributed by atoms with Crippen molar-refractivity contribution in [2.45, 2.75) is 18.9 Å². The second-order valence-corrected chi connectivity index (χ2v) is 5.55. The number of likely N-dealkylation sites (N-methyl/N-ethyl adjacent to an activating group) is 1. The number of hydrogen-bond acceptors (Lipinski definition) is 6. The van der Waals surface area contributed by atoms with Crippen LogP contribution in [0.1, 0.15) is 12.8 Å². The van der Waals surface area contributed by atoms with Crippen molar-refractivity contribution in [3.63, 3.8) is 0 Å². The van der Waals surface area contributed by atoms with Crippen LogP contribution < -0.4 is 22.5 Å². The van der Waals surface area contributed by atoms with E-state index < -0.39 is 31.8 Å². The van der Waals surface area contributed by atoms with Crippen LogP contribution in [0.25, 0.3) is 0 Å². The number of phosphoric acid groups is 1. The van der Waals surface area contributed by atoms with Crippen LogP contribution in [0.5, 0.6) is 0 Å². The minimum Gasteiger partial charge on any atom is -0.480 e. The molecule has 2 amide bonds. The first kappa shape index (κ1) is 28.4. The molecule has 16 heteroatoms. The molecule has 0 aromatic carbocycles. The Morgan fingerprint density at radius 1 is 1.19 bits per heavy atom. The quantitative estimate of drug-likeness (QED) is 0.0869. The third-order valence-electron chi connectivity index (χ3n) is 2.09. The van der Waals surface area contributed by atoms with Gasteiger partial charge in [-0.25, -0.2) is 9.36 Å².